The molecule has 3 amide bonds. The molecule has 8 heteroatoms. The molecule has 0 bridgehead atoms. The third kappa shape index (κ3) is 5.34. The number of para-hydroxylation sites is 1. The molecule has 0 saturated carbocycles. The minimum atomic E-state index is -0.446. The van der Waals surface area contributed by atoms with E-state index in [1.165, 1.54) is 0 Å². The maximum Gasteiger partial charge on any atom is 0.294 e. The summed E-state index contributed by atoms with van der Waals surface area (Å²) in [5, 5.41) is 0.231. The van der Waals surface area contributed by atoms with Crippen molar-refractivity contribution in [1.82, 2.24) is 9.80 Å². The first kappa shape index (κ1) is 22.4. The fourth-order valence-corrected chi connectivity index (χ4v) is 4.58. The number of rotatable bonds is 6. The normalized spacial score (nSPS) is 17.8. The third-order valence-electron chi connectivity index (χ3n) is 5.39. The molecule has 4 rings (SSSR count). The maximum absolute atomic E-state index is 12.9. The molecule has 0 atom stereocenters. The van der Waals surface area contributed by atoms with E-state index in [9.17, 15) is 14.4 Å². The van der Waals surface area contributed by atoms with Gasteiger partial charge in [-0.15, -0.1) is 0 Å². The Morgan fingerprint density at radius 2 is 1.75 bits per heavy atom. The topological polar surface area (TPSA) is 66.9 Å². The first-order valence-corrected chi connectivity index (χ1v) is 11.7. The van der Waals surface area contributed by atoms with Gasteiger partial charge < -0.3 is 9.64 Å². The summed E-state index contributed by atoms with van der Waals surface area (Å²) in [7, 11) is 0. The van der Waals surface area contributed by atoms with Gasteiger partial charge in [-0.1, -0.05) is 41.9 Å². The van der Waals surface area contributed by atoms with Crippen LogP contribution in [-0.4, -0.2) is 46.5 Å². The van der Waals surface area contributed by atoms with Crippen LogP contribution < -0.4 is 4.74 Å². The molecular formula is C24H23ClN2O4S. The quantitative estimate of drug-likeness (QED) is 0.558. The number of ether oxygens (including phenoxy) is 1. The summed E-state index contributed by atoms with van der Waals surface area (Å²) in [5.41, 5.74) is 1.65. The highest BCUT2D eigenvalue weighted by Crippen LogP contribution is 2.34. The van der Waals surface area contributed by atoms with Crippen molar-refractivity contribution >= 4 is 46.5 Å². The second-order valence-electron chi connectivity index (χ2n) is 7.66. The van der Waals surface area contributed by atoms with Crippen LogP contribution >= 0.6 is 23.4 Å². The average Bonchev–Trinajstić information content (AvgIpc) is 3.07. The van der Waals surface area contributed by atoms with Gasteiger partial charge in [-0.25, -0.2) is 0 Å². The lowest BCUT2D eigenvalue weighted by Crippen LogP contribution is -2.44. The lowest BCUT2D eigenvalue weighted by atomic mass is 10.1. The predicted octanol–water partition coefficient (Wildman–Crippen LogP) is 4.97. The van der Waals surface area contributed by atoms with Gasteiger partial charge in [0.2, 0.25) is 5.91 Å². The molecule has 2 aliphatic heterocycles. The molecule has 2 heterocycles. The number of imide groups is 1. The van der Waals surface area contributed by atoms with E-state index in [2.05, 4.69) is 0 Å². The predicted molar refractivity (Wildman–Crippen MR) is 125 cm³/mol. The number of likely N-dealkylation sites (tertiary alicyclic amines) is 1. The molecule has 0 unspecified atom stereocenters. The maximum atomic E-state index is 12.9. The van der Waals surface area contributed by atoms with Crippen molar-refractivity contribution in [1.29, 1.82) is 0 Å². The number of hydrogen-bond acceptors (Lipinski definition) is 5. The standard InChI is InChI=1S/C24H23ClN2O4S/c25-19-10-8-17(9-11-19)16-31-20-7-3-2-6-18(20)14-21-23(29)27(24(30)32-21)15-22(28)26-12-4-1-5-13-26/h2-3,6-11,14H,1,4-5,12-13,15-16H2/b21-14-. The fraction of sp³-hybridized carbons (Fsp3) is 0.292. The van der Waals surface area contributed by atoms with E-state index < -0.39 is 11.1 Å². The molecule has 166 valence electrons. The molecule has 2 aromatic carbocycles. The molecule has 2 fully saturated rings. The number of benzene rings is 2. The molecule has 0 radical (unpaired) electrons. The summed E-state index contributed by atoms with van der Waals surface area (Å²) in [6, 6.07) is 14.7. The van der Waals surface area contributed by atoms with Crippen molar-refractivity contribution in [2.24, 2.45) is 0 Å². The largest absolute Gasteiger partial charge is 0.488 e. The van der Waals surface area contributed by atoms with Gasteiger partial charge in [0.25, 0.3) is 11.1 Å². The minimum absolute atomic E-state index is 0.181. The van der Waals surface area contributed by atoms with Crippen LogP contribution in [0.25, 0.3) is 6.08 Å². The average molecular weight is 471 g/mol. The van der Waals surface area contributed by atoms with Crippen LogP contribution in [0.5, 0.6) is 5.75 Å². The van der Waals surface area contributed by atoms with Crippen molar-refractivity contribution in [3.8, 4) is 5.75 Å². The number of thioether (sulfide) groups is 1. The third-order valence-corrected chi connectivity index (χ3v) is 6.55. The van der Waals surface area contributed by atoms with Crippen molar-refractivity contribution < 1.29 is 19.1 Å². The number of carbonyl (C=O) groups excluding carboxylic acids is 3. The highest BCUT2D eigenvalue weighted by atomic mass is 35.5. The van der Waals surface area contributed by atoms with Gasteiger partial charge in [0, 0.05) is 23.7 Å². The van der Waals surface area contributed by atoms with Gasteiger partial charge in [-0.05, 0) is 60.9 Å². The number of piperidine rings is 1. The van der Waals surface area contributed by atoms with Gasteiger partial charge in [0.05, 0.1) is 4.91 Å². The van der Waals surface area contributed by atoms with Crippen LogP contribution in [0.2, 0.25) is 5.02 Å². The zero-order chi connectivity index (χ0) is 22.5. The van der Waals surface area contributed by atoms with Gasteiger partial charge in [-0.3, -0.25) is 19.3 Å². The number of carbonyl (C=O) groups is 3. The van der Waals surface area contributed by atoms with Crippen LogP contribution in [-0.2, 0) is 16.2 Å². The summed E-state index contributed by atoms with van der Waals surface area (Å²) < 4.78 is 5.94. The van der Waals surface area contributed by atoms with Gasteiger partial charge in [-0.2, -0.15) is 0 Å². The number of halogens is 1. The fourth-order valence-electron chi connectivity index (χ4n) is 3.63. The Morgan fingerprint density at radius 1 is 1.03 bits per heavy atom. The summed E-state index contributed by atoms with van der Waals surface area (Å²) in [6.07, 6.45) is 4.67. The van der Waals surface area contributed by atoms with E-state index in [0.29, 0.717) is 36.0 Å². The molecule has 0 N–H and O–H groups in total. The zero-order valence-electron chi connectivity index (χ0n) is 17.5. The highest BCUT2D eigenvalue weighted by molar-refractivity contribution is 8.18. The highest BCUT2D eigenvalue weighted by Gasteiger charge is 2.37. The van der Waals surface area contributed by atoms with Gasteiger partial charge in [0.1, 0.15) is 18.9 Å². The molecule has 2 saturated heterocycles. The van der Waals surface area contributed by atoms with Crippen LogP contribution in [0, 0.1) is 0 Å². The van der Waals surface area contributed by atoms with Crippen LogP contribution in [0.1, 0.15) is 30.4 Å². The van der Waals surface area contributed by atoms with E-state index in [1.54, 1.807) is 23.1 Å². The van der Waals surface area contributed by atoms with Crippen LogP contribution in [0.4, 0.5) is 4.79 Å². The molecule has 2 aromatic rings. The lowest BCUT2D eigenvalue weighted by molar-refractivity contribution is -0.136. The summed E-state index contributed by atoms with van der Waals surface area (Å²) in [5.74, 6) is -0.0311. The molecule has 2 aliphatic rings. The molecular weight excluding hydrogens is 448 g/mol. The van der Waals surface area contributed by atoms with E-state index in [0.717, 1.165) is 41.5 Å². The second kappa shape index (κ2) is 10.2. The zero-order valence-corrected chi connectivity index (χ0v) is 19.0. The van der Waals surface area contributed by atoms with Crippen LogP contribution in [0.15, 0.2) is 53.4 Å². The Hall–Kier alpha value is -2.77. The Morgan fingerprint density at radius 3 is 2.50 bits per heavy atom. The molecule has 0 aliphatic carbocycles. The van der Waals surface area contributed by atoms with Crippen molar-refractivity contribution in [2.45, 2.75) is 25.9 Å². The first-order chi connectivity index (χ1) is 15.5. The Kier molecular flexibility index (Phi) is 7.17. The SMILES string of the molecule is O=C(CN1C(=O)S/C(=C\c2ccccc2OCc2ccc(Cl)cc2)C1=O)N1CCCCC1. The van der Waals surface area contributed by atoms with Crippen molar-refractivity contribution in [3.05, 3.63) is 69.6 Å². The van der Waals surface area contributed by atoms with Crippen molar-refractivity contribution in [2.75, 3.05) is 19.6 Å². The molecule has 6 nitrogen and oxygen atoms in total. The molecule has 0 spiro atoms. The van der Waals surface area contributed by atoms with E-state index in [4.69, 9.17) is 16.3 Å². The first-order valence-electron chi connectivity index (χ1n) is 10.5. The Labute approximate surface area is 196 Å². The Bertz CT molecular complexity index is 1050. The second-order valence-corrected chi connectivity index (χ2v) is 9.09. The number of nitrogens with zero attached hydrogens (tertiary/aromatic N) is 2. The van der Waals surface area contributed by atoms with Crippen molar-refractivity contribution in [3.63, 3.8) is 0 Å². The summed E-state index contributed by atoms with van der Waals surface area (Å²) in [4.78, 5) is 40.9. The molecule has 32 heavy (non-hydrogen) atoms. The summed E-state index contributed by atoms with van der Waals surface area (Å²) >= 11 is 6.77. The number of hydrogen-bond donors (Lipinski definition) is 0. The smallest absolute Gasteiger partial charge is 0.294 e. The monoisotopic (exact) mass is 470 g/mol. The summed E-state index contributed by atoms with van der Waals surface area (Å²) in [6.45, 7) is 1.50. The van der Waals surface area contributed by atoms with E-state index in [-0.39, 0.29) is 17.4 Å². The van der Waals surface area contributed by atoms with Crippen LogP contribution in [0.3, 0.4) is 0 Å². The number of amides is 3. The van der Waals surface area contributed by atoms with Gasteiger partial charge >= 0.3 is 0 Å². The van der Waals surface area contributed by atoms with E-state index >= 15 is 0 Å². The molecule has 0 aromatic heterocycles. The lowest BCUT2D eigenvalue weighted by Gasteiger charge is -2.27. The minimum Gasteiger partial charge on any atom is -0.488 e. The Balaban J connectivity index is 1.45. The van der Waals surface area contributed by atoms with Gasteiger partial charge in [0.15, 0.2) is 0 Å². The van der Waals surface area contributed by atoms with E-state index in [1.807, 2.05) is 36.4 Å².